The lowest BCUT2D eigenvalue weighted by molar-refractivity contribution is 0.275. The van der Waals surface area contributed by atoms with Gasteiger partial charge in [0.05, 0.1) is 12.8 Å². The third-order valence-corrected chi connectivity index (χ3v) is 5.75. The van der Waals surface area contributed by atoms with E-state index < -0.39 is 10.0 Å². The molecule has 26 heavy (non-hydrogen) atoms. The first-order valence-electron chi connectivity index (χ1n) is 8.91. The summed E-state index contributed by atoms with van der Waals surface area (Å²) in [5, 5.41) is 6.67. The first-order valence-corrected chi connectivity index (χ1v) is 10.8. The van der Waals surface area contributed by atoms with Crippen molar-refractivity contribution in [3.05, 3.63) is 35.4 Å². The topological polar surface area (TPSA) is 73.8 Å². The lowest BCUT2D eigenvalue weighted by Gasteiger charge is -2.30. The highest BCUT2D eigenvalue weighted by atomic mass is 127. The number of hydrogen-bond acceptors (Lipinski definition) is 3. The van der Waals surface area contributed by atoms with Crippen molar-refractivity contribution >= 4 is 40.0 Å². The van der Waals surface area contributed by atoms with Crippen molar-refractivity contribution in [3.63, 3.8) is 0 Å². The SMILES string of the molecule is CCNC(=NCc1cccc(C)c1)NCC1CCN(S(C)(=O)=O)CC1.I. The minimum Gasteiger partial charge on any atom is -0.357 e. The van der Waals surface area contributed by atoms with Crippen LogP contribution in [0, 0.1) is 12.8 Å². The Morgan fingerprint density at radius 2 is 1.96 bits per heavy atom. The van der Waals surface area contributed by atoms with E-state index in [1.165, 1.54) is 17.4 Å². The van der Waals surface area contributed by atoms with Crippen molar-refractivity contribution in [2.24, 2.45) is 10.9 Å². The number of halogens is 1. The molecule has 6 nitrogen and oxygen atoms in total. The number of benzene rings is 1. The highest BCUT2D eigenvalue weighted by molar-refractivity contribution is 14.0. The first-order chi connectivity index (χ1) is 11.9. The van der Waals surface area contributed by atoms with Gasteiger partial charge in [0.25, 0.3) is 0 Å². The number of piperidine rings is 1. The van der Waals surface area contributed by atoms with Crippen LogP contribution in [0.1, 0.15) is 30.9 Å². The molecule has 2 rings (SSSR count). The van der Waals surface area contributed by atoms with Gasteiger partial charge >= 0.3 is 0 Å². The maximum Gasteiger partial charge on any atom is 0.211 e. The van der Waals surface area contributed by atoms with E-state index in [9.17, 15) is 8.42 Å². The van der Waals surface area contributed by atoms with Crippen LogP contribution in [0.15, 0.2) is 29.3 Å². The molecule has 0 radical (unpaired) electrons. The number of nitrogens with one attached hydrogen (secondary N) is 2. The Kier molecular flexibility index (Phi) is 9.88. The summed E-state index contributed by atoms with van der Waals surface area (Å²) in [7, 11) is -3.06. The minimum absolute atomic E-state index is 0. The highest BCUT2D eigenvalue weighted by Crippen LogP contribution is 2.18. The summed E-state index contributed by atoms with van der Waals surface area (Å²) >= 11 is 0. The van der Waals surface area contributed by atoms with Crippen LogP contribution in [0.25, 0.3) is 0 Å². The molecule has 0 spiro atoms. The van der Waals surface area contributed by atoms with E-state index in [2.05, 4.69) is 53.7 Å². The summed E-state index contributed by atoms with van der Waals surface area (Å²) in [6.45, 7) is 7.63. The molecule has 0 bridgehead atoms. The Bertz CT molecular complexity index is 686. The number of aryl methyl sites for hydroxylation is 1. The van der Waals surface area contributed by atoms with Crippen LogP contribution in [0.3, 0.4) is 0 Å². The quantitative estimate of drug-likeness (QED) is 0.362. The predicted molar refractivity (Wildman–Crippen MR) is 119 cm³/mol. The Balaban J connectivity index is 0.00000338. The molecule has 1 aromatic rings. The molecule has 1 aliphatic rings. The lowest BCUT2D eigenvalue weighted by atomic mass is 9.98. The molecule has 8 heteroatoms. The molecule has 148 valence electrons. The summed E-state index contributed by atoms with van der Waals surface area (Å²) in [5.74, 6) is 1.29. The fourth-order valence-electron chi connectivity index (χ4n) is 3.01. The molecule has 1 heterocycles. The number of aliphatic imine (C=N–C) groups is 1. The number of nitrogens with zero attached hydrogens (tertiary/aromatic N) is 2. The standard InChI is InChI=1S/C18H30N4O2S.HI/c1-4-19-18(21-14-17-7-5-6-15(2)12-17)20-13-16-8-10-22(11-9-16)25(3,23)24;/h5-7,12,16H,4,8-11,13-14H2,1-3H3,(H2,19,20,21);1H. The van der Waals surface area contributed by atoms with Crippen molar-refractivity contribution in [3.8, 4) is 0 Å². The number of sulfonamides is 1. The zero-order valence-corrected chi connectivity index (χ0v) is 19.0. The lowest BCUT2D eigenvalue weighted by Crippen LogP contribution is -2.44. The molecule has 2 N–H and O–H groups in total. The fourth-order valence-corrected chi connectivity index (χ4v) is 3.88. The summed E-state index contributed by atoms with van der Waals surface area (Å²) in [5.41, 5.74) is 2.43. The van der Waals surface area contributed by atoms with Crippen LogP contribution in [-0.4, -0.2) is 51.1 Å². The molecular weight excluding hydrogens is 463 g/mol. The van der Waals surface area contributed by atoms with Gasteiger partial charge in [0, 0.05) is 26.2 Å². The monoisotopic (exact) mass is 494 g/mol. The molecule has 0 aliphatic carbocycles. The Morgan fingerprint density at radius 1 is 1.27 bits per heavy atom. The average molecular weight is 494 g/mol. The zero-order valence-electron chi connectivity index (χ0n) is 15.9. The van der Waals surface area contributed by atoms with Gasteiger partial charge in [-0.05, 0) is 38.2 Å². The summed E-state index contributed by atoms with van der Waals surface area (Å²) in [6, 6.07) is 8.37. The van der Waals surface area contributed by atoms with Gasteiger partial charge in [0.15, 0.2) is 5.96 Å². The van der Waals surface area contributed by atoms with Crippen LogP contribution < -0.4 is 10.6 Å². The van der Waals surface area contributed by atoms with Crippen LogP contribution in [0.2, 0.25) is 0 Å². The smallest absolute Gasteiger partial charge is 0.211 e. The summed E-state index contributed by atoms with van der Waals surface area (Å²) in [6.07, 6.45) is 3.06. The second-order valence-electron chi connectivity index (χ2n) is 6.67. The van der Waals surface area contributed by atoms with Gasteiger partial charge in [0.2, 0.25) is 10.0 Å². The van der Waals surface area contributed by atoms with Crippen molar-refractivity contribution in [2.75, 3.05) is 32.4 Å². The van der Waals surface area contributed by atoms with Crippen molar-refractivity contribution in [1.82, 2.24) is 14.9 Å². The van der Waals surface area contributed by atoms with Gasteiger partial charge in [-0.25, -0.2) is 17.7 Å². The average Bonchev–Trinajstić information content (AvgIpc) is 2.57. The largest absolute Gasteiger partial charge is 0.357 e. The minimum atomic E-state index is -3.06. The number of hydrogen-bond donors (Lipinski definition) is 2. The highest BCUT2D eigenvalue weighted by Gasteiger charge is 2.24. The van der Waals surface area contributed by atoms with E-state index in [4.69, 9.17) is 0 Å². The second kappa shape index (κ2) is 11.1. The van der Waals surface area contributed by atoms with E-state index in [1.54, 1.807) is 4.31 Å². The number of rotatable bonds is 6. The fraction of sp³-hybridized carbons (Fsp3) is 0.611. The van der Waals surface area contributed by atoms with E-state index in [0.29, 0.717) is 25.6 Å². The van der Waals surface area contributed by atoms with E-state index in [0.717, 1.165) is 31.9 Å². The Morgan fingerprint density at radius 3 is 2.54 bits per heavy atom. The molecule has 0 aromatic heterocycles. The van der Waals surface area contributed by atoms with Gasteiger partial charge in [-0.3, -0.25) is 0 Å². The summed E-state index contributed by atoms with van der Waals surface area (Å²) in [4.78, 5) is 4.65. The maximum atomic E-state index is 11.6. The Hall–Kier alpha value is -0.870. The molecule has 0 atom stereocenters. The van der Waals surface area contributed by atoms with Gasteiger partial charge in [-0.2, -0.15) is 0 Å². The zero-order chi connectivity index (χ0) is 18.3. The summed E-state index contributed by atoms with van der Waals surface area (Å²) < 4.78 is 24.7. The van der Waals surface area contributed by atoms with Crippen molar-refractivity contribution in [2.45, 2.75) is 33.2 Å². The van der Waals surface area contributed by atoms with Gasteiger partial charge in [-0.15, -0.1) is 24.0 Å². The van der Waals surface area contributed by atoms with Gasteiger partial charge < -0.3 is 10.6 Å². The van der Waals surface area contributed by atoms with E-state index in [1.807, 2.05) is 0 Å². The first kappa shape index (κ1) is 23.2. The molecule has 1 aliphatic heterocycles. The van der Waals surface area contributed by atoms with Crippen molar-refractivity contribution in [1.29, 1.82) is 0 Å². The molecule has 1 fully saturated rings. The van der Waals surface area contributed by atoms with Crippen LogP contribution in [0.5, 0.6) is 0 Å². The van der Waals surface area contributed by atoms with Crippen LogP contribution in [0.4, 0.5) is 0 Å². The van der Waals surface area contributed by atoms with Gasteiger partial charge in [-0.1, -0.05) is 29.8 Å². The third kappa shape index (κ3) is 7.79. The Labute approximate surface area is 174 Å². The predicted octanol–water partition coefficient (Wildman–Crippen LogP) is 2.34. The second-order valence-corrected chi connectivity index (χ2v) is 8.65. The number of guanidine groups is 1. The molecule has 1 saturated heterocycles. The van der Waals surface area contributed by atoms with E-state index in [-0.39, 0.29) is 24.0 Å². The van der Waals surface area contributed by atoms with Crippen molar-refractivity contribution < 1.29 is 8.42 Å². The molecule has 0 unspecified atom stereocenters. The normalized spacial score (nSPS) is 16.8. The third-order valence-electron chi connectivity index (χ3n) is 4.45. The van der Waals surface area contributed by atoms with Gasteiger partial charge in [0.1, 0.15) is 0 Å². The van der Waals surface area contributed by atoms with E-state index >= 15 is 0 Å². The van der Waals surface area contributed by atoms with Crippen LogP contribution >= 0.6 is 24.0 Å². The van der Waals surface area contributed by atoms with Crippen LogP contribution in [-0.2, 0) is 16.6 Å². The molecular formula is C18H31IN4O2S. The molecule has 0 saturated carbocycles. The molecule has 0 amide bonds. The maximum absolute atomic E-state index is 11.6. The molecule has 1 aromatic carbocycles.